The Morgan fingerprint density at radius 2 is 2.13 bits per heavy atom. The number of fused-ring (bicyclic) bond motifs is 1. The molecule has 1 unspecified atom stereocenters. The van der Waals surface area contributed by atoms with E-state index in [4.69, 9.17) is 9.84 Å². The Balaban J connectivity index is 2.02. The molecule has 1 atom stereocenters. The first-order chi connectivity index (χ1) is 11.0. The second-order valence-electron chi connectivity index (χ2n) is 5.19. The van der Waals surface area contributed by atoms with Crippen molar-refractivity contribution >= 4 is 22.8 Å². The number of nitrogens with one attached hydrogen (secondary N) is 1. The van der Waals surface area contributed by atoms with Gasteiger partial charge in [0.25, 0.3) is 5.91 Å². The smallest absolute Gasteiger partial charge is 0.334 e. The summed E-state index contributed by atoms with van der Waals surface area (Å²) in [6.45, 7) is 0.155. The Bertz CT molecular complexity index is 847. The number of aromatic amines is 1. The lowest BCUT2D eigenvalue weighted by atomic mass is 10.1. The van der Waals surface area contributed by atoms with E-state index < -0.39 is 29.4 Å². The van der Waals surface area contributed by atoms with Crippen LogP contribution in [0, 0.1) is 5.82 Å². The molecule has 3 rings (SSSR count). The van der Waals surface area contributed by atoms with Gasteiger partial charge in [-0.15, -0.1) is 0 Å². The number of pyridine rings is 1. The molecule has 1 fully saturated rings. The fourth-order valence-electron chi connectivity index (χ4n) is 2.56. The summed E-state index contributed by atoms with van der Waals surface area (Å²) in [7, 11) is 0. The van der Waals surface area contributed by atoms with Crippen LogP contribution in [-0.2, 0) is 9.53 Å². The quantitative estimate of drug-likeness (QED) is 0.844. The summed E-state index contributed by atoms with van der Waals surface area (Å²) in [5.41, 5.74) is -0.116. The van der Waals surface area contributed by atoms with Crippen LogP contribution in [0.15, 0.2) is 29.1 Å². The number of hydrogen-bond acceptors (Lipinski definition) is 4. The maximum absolute atomic E-state index is 13.5. The number of rotatable bonds is 2. The zero-order chi connectivity index (χ0) is 16.6. The summed E-state index contributed by atoms with van der Waals surface area (Å²) in [4.78, 5) is 39.2. The fourth-order valence-corrected chi connectivity index (χ4v) is 2.56. The van der Waals surface area contributed by atoms with Crippen molar-refractivity contribution in [2.24, 2.45) is 0 Å². The number of carbonyl (C=O) groups is 2. The molecule has 0 aliphatic carbocycles. The average Bonchev–Trinajstić information content (AvgIpc) is 2.54. The predicted octanol–water partition coefficient (Wildman–Crippen LogP) is 0.593. The number of benzene rings is 1. The highest BCUT2D eigenvalue weighted by Gasteiger charge is 2.30. The monoisotopic (exact) mass is 320 g/mol. The van der Waals surface area contributed by atoms with Crippen molar-refractivity contribution in [1.82, 2.24) is 9.88 Å². The Morgan fingerprint density at radius 3 is 2.87 bits per heavy atom. The maximum atomic E-state index is 13.5. The van der Waals surface area contributed by atoms with Gasteiger partial charge < -0.3 is 19.7 Å². The van der Waals surface area contributed by atoms with Gasteiger partial charge in [0, 0.05) is 23.5 Å². The van der Waals surface area contributed by atoms with Gasteiger partial charge in [0.1, 0.15) is 5.82 Å². The van der Waals surface area contributed by atoms with Crippen molar-refractivity contribution in [3.63, 3.8) is 0 Å². The molecule has 0 radical (unpaired) electrons. The molecule has 2 N–H and O–H groups in total. The maximum Gasteiger partial charge on any atom is 0.334 e. The number of ether oxygens (including phenoxy) is 1. The standard InChI is InChI=1S/C15H13FN2O5/c16-8-1-2-11-9(5-8)10(6-13(19)17-11)14(20)18-3-4-23-12(7-18)15(21)22/h1-2,5-6,12H,3-4,7H2,(H,17,19)(H,21,22). The summed E-state index contributed by atoms with van der Waals surface area (Å²) < 4.78 is 18.5. The Labute approximate surface area is 129 Å². The predicted molar refractivity (Wildman–Crippen MR) is 77.8 cm³/mol. The molecule has 0 bridgehead atoms. The third-order valence-corrected chi connectivity index (χ3v) is 3.66. The van der Waals surface area contributed by atoms with Crippen LogP contribution in [0.3, 0.4) is 0 Å². The van der Waals surface area contributed by atoms with E-state index in [2.05, 4.69) is 4.98 Å². The van der Waals surface area contributed by atoms with E-state index >= 15 is 0 Å². The summed E-state index contributed by atoms with van der Waals surface area (Å²) >= 11 is 0. The number of H-pyrrole nitrogens is 1. The number of carboxylic acids is 1. The average molecular weight is 320 g/mol. The zero-order valence-corrected chi connectivity index (χ0v) is 11.9. The van der Waals surface area contributed by atoms with Crippen molar-refractivity contribution in [2.45, 2.75) is 6.10 Å². The number of aromatic nitrogens is 1. The number of hydrogen-bond donors (Lipinski definition) is 2. The van der Waals surface area contributed by atoms with Crippen molar-refractivity contribution < 1.29 is 23.8 Å². The van der Waals surface area contributed by atoms with Crippen LogP contribution in [0.2, 0.25) is 0 Å². The minimum Gasteiger partial charge on any atom is -0.479 e. The van der Waals surface area contributed by atoms with Crippen LogP contribution in [0.25, 0.3) is 10.9 Å². The van der Waals surface area contributed by atoms with Crippen LogP contribution in [0.4, 0.5) is 4.39 Å². The molecule has 120 valence electrons. The van der Waals surface area contributed by atoms with E-state index in [1.54, 1.807) is 0 Å². The Morgan fingerprint density at radius 1 is 1.35 bits per heavy atom. The van der Waals surface area contributed by atoms with E-state index in [1.807, 2.05) is 0 Å². The molecule has 0 spiro atoms. The molecular formula is C15H13FN2O5. The van der Waals surface area contributed by atoms with Gasteiger partial charge in [-0.2, -0.15) is 0 Å². The Hall–Kier alpha value is -2.74. The Kier molecular flexibility index (Phi) is 3.83. The SMILES string of the molecule is O=C(O)C1CN(C(=O)c2cc(=O)[nH]c3ccc(F)cc23)CCO1. The van der Waals surface area contributed by atoms with E-state index in [9.17, 15) is 18.8 Å². The van der Waals surface area contributed by atoms with Crippen LogP contribution < -0.4 is 5.56 Å². The second kappa shape index (κ2) is 5.81. The summed E-state index contributed by atoms with van der Waals surface area (Å²) in [5, 5.41) is 9.26. The normalized spacial score (nSPS) is 18.1. The number of nitrogens with zero attached hydrogens (tertiary/aromatic N) is 1. The van der Waals surface area contributed by atoms with Crippen molar-refractivity contribution in [3.05, 3.63) is 46.0 Å². The van der Waals surface area contributed by atoms with Gasteiger partial charge in [0.05, 0.1) is 18.7 Å². The molecule has 1 saturated heterocycles. The fraction of sp³-hybridized carbons (Fsp3) is 0.267. The van der Waals surface area contributed by atoms with Crippen LogP contribution in [0.1, 0.15) is 10.4 Å². The van der Waals surface area contributed by atoms with Gasteiger partial charge in [-0.3, -0.25) is 9.59 Å². The van der Waals surface area contributed by atoms with Gasteiger partial charge in [-0.05, 0) is 18.2 Å². The third-order valence-electron chi connectivity index (χ3n) is 3.66. The molecule has 1 amide bonds. The molecule has 23 heavy (non-hydrogen) atoms. The number of amides is 1. The molecule has 7 nitrogen and oxygen atoms in total. The lowest BCUT2D eigenvalue weighted by molar-refractivity contribution is -0.154. The first-order valence-electron chi connectivity index (χ1n) is 6.92. The van der Waals surface area contributed by atoms with Gasteiger partial charge in [-0.25, -0.2) is 9.18 Å². The second-order valence-corrected chi connectivity index (χ2v) is 5.19. The molecule has 1 aromatic carbocycles. The molecule has 8 heteroatoms. The van der Waals surface area contributed by atoms with Crippen LogP contribution in [0.5, 0.6) is 0 Å². The zero-order valence-electron chi connectivity index (χ0n) is 11.9. The van der Waals surface area contributed by atoms with Crippen molar-refractivity contribution in [3.8, 4) is 0 Å². The van der Waals surface area contributed by atoms with E-state index in [0.29, 0.717) is 5.52 Å². The van der Waals surface area contributed by atoms with E-state index in [0.717, 1.165) is 12.1 Å². The highest BCUT2D eigenvalue weighted by atomic mass is 19.1. The van der Waals surface area contributed by atoms with Crippen molar-refractivity contribution in [1.29, 1.82) is 0 Å². The van der Waals surface area contributed by atoms with Gasteiger partial charge in [-0.1, -0.05) is 0 Å². The molecular weight excluding hydrogens is 307 g/mol. The largest absolute Gasteiger partial charge is 0.479 e. The summed E-state index contributed by atoms with van der Waals surface area (Å²) in [5.74, 6) is -2.23. The lowest BCUT2D eigenvalue weighted by Gasteiger charge is -2.31. The molecule has 2 aromatic rings. The van der Waals surface area contributed by atoms with Crippen LogP contribution >= 0.6 is 0 Å². The van der Waals surface area contributed by atoms with Crippen molar-refractivity contribution in [2.75, 3.05) is 19.7 Å². The number of carboxylic acid groups (broad SMARTS) is 1. The number of aliphatic carboxylic acids is 1. The first-order valence-corrected chi connectivity index (χ1v) is 6.92. The molecule has 2 heterocycles. The topological polar surface area (TPSA) is 99.7 Å². The van der Waals surface area contributed by atoms with E-state index in [1.165, 1.54) is 17.0 Å². The first kappa shape index (κ1) is 15.2. The summed E-state index contributed by atoms with van der Waals surface area (Å²) in [6.07, 6.45) is -1.11. The minimum absolute atomic E-state index is 0.0364. The van der Waals surface area contributed by atoms with E-state index in [-0.39, 0.29) is 30.6 Å². The highest BCUT2D eigenvalue weighted by molar-refractivity contribution is 6.06. The summed E-state index contributed by atoms with van der Waals surface area (Å²) in [6, 6.07) is 4.81. The number of halogens is 1. The molecule has 1 aliphatic rings. The number of carbonyl (C=O) groups excluding carboxylic acids is 1. The highest BCUT2D eigenvalue weighted by Crippen LogP contribution is 2.19. The third kappa shape index (κ3) is 2.93. The number of morpholine rings is 1. The lowest BCUT2D eigenvalue weighted by Crippen LogP contribution is -2.48. The molecule has 1 aliphatic heterocycles. The van der Waals surface area contributed by atoms with Gasteiger partial charge in [0.2, 0.25) is 5.56 Å². The minimum atomic E-state index is -1.16. The molecule has 0 saturated carbocycles. The van der Waals surface area contributed by atoms with Gasteiger partial charge in [0.15, 0.2) is 6.10 Å². The van der Waals surface area contributed by atoms with Crippen LogP contribution in [-0.4, -0.2) is 52.7 Å². The van der Waals surface area contributed by atoms with Gasteiger partial charge >= 0.3 is 5.97 Å². The molecule has 1 aromatic heterocycles.